The van der Waals surface area contributed by atoms with Crippen LogP contribution in [0.1, 0.15) is 17.2 Å². The molecular formula is C21H17BrN2. The third-order valence-corrected chi connectivity index (χ3v) is 4.68. The number of anilines is 2. The molecule has 4 rings (SSSR count). The van der Waals surface area contributed by atoms with Crippen LogP contribution in [0.3, 0.4) is 0 Å². The van der Waals surface area contributed by atoms with Gasteiger partial charge in [-0.05, 0) is 41.5 Å². The minimum atomic E-state index is 0.101. The number of halogens is 1. The number of benzene rings is 3. The molecule has 0 spiro atoms. The van der Waals surface area contributed by atoms with Crippen LogP contribution in [0.25, 0.3) is 5.70 Å². The zero-order chi connectivity index (χ0) is 16.4. The highest BCUT2D eigenvalue weighted by molar-refractivity contribution is 9.10. The van der Waals surface area contributed by atoms with E-state index in [-0.39, 0.29) is 6.04 Å². The molecule has 118 valence electrons. The summed E-state index contributed by atoms with van der Waals surface area (Å²) in [7, 11) is 0. The average Bonchev–Trinajstić information content (AvgIpc) is 2.83. The van der Waals surface area contributed by atoms with Crippen LogP contribution >= 0.6 is 15.9 Å². The van der Waals surface area contributed by atoms with Crippen LogP contribution in [0.5, 0.6) is 0 Å². The Labute approximate surface area is 150 Å². The van der Waals surface area contributed by atoms with E-state index < -0.39 is 0 Å². The summed E-state index contributed by atoms with van der Waals surface area (Å²) < 4.78 is 1.09. The van der Waals surface area contributed by atoms with Crippen molar-refractivity contribution < 1.29 is 0 Å². The van der Waals surface area contributed by atoms with Crippen molar-refractivity contribution in [1.29, 1.82) is 0 Å². The van der Waals surface area contributed by atoms with Gasteiger partial charge in [-0.25, -0.2) is 0 Å². The summed E-state index contributed by atoms with van der Waals surface area (Å²) >= 11 is 3.51. The lowest BCUT2D eigenvalue weighted by Crippen LogP contribution is -2.07. The van der Waals surface area contributed by atoms with Gasteiger partial charge in [-0.15, -0.1) is 0 Å². The second-order valence-corrected chi connectivity index (χ2v) is 6.71. The predicted octanol–water partition coefficient (Wildman–Crippen LogP) is 6.07. The van der Waals surface area contributed by atoms with Crippen molar-refractivity contribution in [2.75, 3.05) is 10.6 Å². The first kappa shape index (κ1) is 15.0. The van der Waals surface area contributed by atoms with Gasteiger partial charge in [-0.3, -0.25) is 0 Å². The highest BCUT2D eigenvalue weighted by Gasteiger charge is 2.17. The summed E-state index contributed by atoms with van der Waals surface area (Å²) in [5.41, 5.74) is 5.71. The minimum absolute atomic E-state index is 0.101. The second-order valence-electron chi connectivity index (χ2n) is 5.79. The van der Waals surface area contributed by atoms with Gasteiger partial charge in [0.2, 0.25) is 0 Å². The Morgan fingerprint density at radius 3 is 2.12 bits per heavy atom. The van der Waals surface area contributed by atoms with Crippen LogP contribution in [0.4, 0.5) is 11.4 Å². The van der Waals surface area contributed by atoms with Crippen LogP contribution in [0.2, 0.25) is 0 Å². The fourth-order valence-corrected chi connectivity index (χ4v) is 3.18. The molecule has 3 aromatic rings. The summed E-state index contributed by atoms with van der Waals surface area (Å²) in [6.45, 7) is 0. The Morgan fingerprint density at radius 1 is 0.708 bits per heavy atom. The molecule has 0 fully saturated rings. The average molecular weight is 377 g/mol. The Bertz CT molecular complexity index is 870. The summed E-state index contributed by atoms with van der Waals surface area (Å²) in [5.74, 6) is 0. The zero-order valence-corrected chi connectivity index (χ0v) is 14.6. The third kappa shape index (κ3) is 3.08. The second kappa shape index (κ2) is 6.54. The number of para-hydroxylation sites is 2. The van der Waals surface area contributed by atoms with Crippen molar-refractivity contribution >= 4 is 33.0 Å². The predicted molar refractivity (Wildman–Crippen MR) is 105 cm³/mol. The molecule has 3 aromatic carbocycles. The van der Waals surface area contributed by atoms with Crippen LogP contribution in [-0.2, 0) is 0 Å². The molecule has 0 aromatic heterocycles. The molecule has 0 saturated carbocycles. The van der Waals surface area contributed by atoms with Gasteiger partial charge >= 0.3 is 0 Å². The first-order chi connectivity index (χ1) is 11.8. The molecule has 0 bridgehead atoms. The van der Waals surface area contributed by atoms with Gasteiger partial charge in [-0.2, -0.15) is 0 Å². The van der Waals surface area contributed by atoms with Gasteiger partial charge in [0, 0.05) is 10.2 Å². The third-order valence-electron chi connectivity index (χ3n) is 4.15. The van der Waals surface area contributed by atoms with E-state index in [4.69, 9.17) is 0 Å². The molecule has 0 saturated heterocycles. The monoisotopic (exact) mass is 376 g/mol. The van der Waals surface area contributed by atoms with Crippen LogP contribution < -0.4 is 10.6 Å². The maximum atomic E-state index is 3.64. The van der Waals surface area contributed by atoms with Crippen molar-refractivity contribution in [3.05, 3.63) is 101 Å². The Morgan fingerprint density at radius 2 is 1.38 bits per heavy atom. The Balaban J connectivity index is 1.81. The van der Waals surface area contributed by atoms with Crippen molar-refractivity contribution in [2.24, 2.45) is 0 Å². The Hall–Kier alpha value is -2.52. The topological polar surface area (TPSA) is 24.1 Å². The molecule has 3 heteroatoms. The highest BCUT2D eigenvalue weighted by atomic mass is 79.9. The summed E-state index contributed by atoms with van der Waals surface area (Å²) in [6, 6.07) is 27.3. The maximum Gasteiger partial charge on any atom is 0.0721 e. The first-order valence-electron chi connectivity index (χ1n) is 7.95. The van der Waals surface area contributed by atoms with Crippen molar-refractivity contribution in [3.8, 4) is 0 Å². The molecule has 0 unspecified atom stereocenters. The lowest BCUT2D eigenvalue weighted by molar-refractivity contribution is 0.991. The quantitative estimate of drug-likeness (QED) is 0.567. The van der Waals surface area contributed by atoms with Crippen LogP contribution in [-0.4, -0.2) is 0 Å². The molecule has 2 nitrogen and oxygen atoms in total. The highest BCUT2D eigenvalue weighted by Crippen LogP contribution is 2.34. The van der Waals surface area contributed by atoms with E-state index in [1.165, 1.54) is 11.1 Å². The molecule has 1 aliphatic rings. The number of nitrogens with one attached hydrogen (secondary N) is 2. The van der Waals surface area contributed by atoms with Crippen LogP contribution in [0, 0.1) is 0 Å². The van der Waals surface area contributed by atoms with E-state index in [1.807, 2.05) is 6.07 Å². The largest absolute Gasteiger partial charge is 0.373 e. The molecule has 2 N–H and O–H groups in total. The molecule has 1 heterocycles. The molecular weight excluding hydrogens is 360 g/mol. The smallest absolute Gasteiger partial charge is 0.0721 e. The van der Waals surface area contributed by atoms with Gasteiger partial charge < -0.3 is 10.6 Å². The first-order valence-corrected chi connectivity index (χ1v) is 8.74. The zero-order valence-electron chi connectivity index (χ0n) is 13.0. The summed E-state index contributed by atoms with van der Waals surface area (Å²) in [4.78, 5) is 0. The molecule has 0 radical (unpaired) electrons. The number of rotatable bonds is 2. The summed E-state index contributed by atoms with van der Waals surface area (Å²) in [5, 5.41) is 7.22. The molecule has 0 aliphatic carbocycles. The lowest BCUT2D eigenvalue weighted by atomic mass is 10.0. The van der Waals surface area contributed by atoms with E-state index >= 15 is 0 Å². The SMILES string of the molecule is Brc1ccc([C@@H]2C=C(c3ccccc3)Nc3ccccc3N2)cc1. The van der Waals surface area contributed by atoms with E-state index in [9.17, 15) is 0 Å². The van der Waals surface area contributed by atoms with Gasteiger partial charge in [0.15, 0.2) is 0 Å². The maximum absolute atomic E-state index is 3.64. The van der Waals surface area contributed by atoms with E-state index in [0.29, 0.717) is 0 Å². The van der Waals surface area contributed by atoms with E-state index in [0.717, 1.165) is 21.5 Å². The van der Waals surface area contributed by atoms with Gasteiger partial charge in [0.1, 0.15) is 0 Å². The molecule has 1 atom stereocenters. The number of fused-ring (bicyclic) bond motifs is 1. The lowest BCUT2D eigenvalue weighted by Gasteiger charge is -2.16. The summed E-state index contributed by atoms with van der Waals surface area (Å²) in [6.07, 6.45) is 2.25. The minimum Gasteiger partial charge on any atom is -0.373 e. The van der Waals surface area contributed by atoms with Gasteiger partial charge in [0.05, 0.1) is 17.4 Å². The molecule has 0 amide bonds. The fourth-order valence-electron chi connectivity index (χ4n) is 2.92. The van der Waals surface area contributed by atoms with E-state index in [1.54, 1.807) is 0 Å². The number of hydrogen-bond acceptors (Lipinski definition) is 2. The standard InChI is InChI=1S/C21H17BrN2/c22-17-12-10-16(11-13-17)21-14-20(15-6-2-1-3-7-15)23-18-8-4-5-9-19(18)24-21/h1-14,21,23-24H/t21-/m0/s1. The van der Waals surface area contributed by atoms with Crippen molar-refractivity contribution in [2.45, 2.75) is 6.04 Å². The van der Waals surface area contributed by atoms with Crippen molar-refractivity contribution in [3.63, 3.8) is 0 Å². The molecule has 24 heavy (non-hydrogen) atoms. The molecule has 1 aliphatic heterocycles. The van der Waals surface area contributed by atoms with Crippen molar-refractivity contribution in [1.82, 2.24) is 0 Å². The van der Waals surface area contributed by atoms with Gasteiger partial charge in [0.25, 0.3) is 0 Å². The van der Waals surface area contributed by atoms with Gasteiger partial charge in [-0.1, -0.05) is 70.5 Å². The van der Waals surface area contributed by atoms with E-state index in [2.05, 4.69) is 105 Å². The van der Waals surface area contributed by atoms with Crippen LogP contribution in [0.15, 0.2) is 89.4 Å². The Kier molecular flexibility index (Phi) is 4.09. The normalized spacial score (nSPS) is 16.2. The number of hydrogen-bond donors (Lipinski definition) is 2. The fraction of sp³-hybridized carbons (Fsp3) is 0.0476.